The molecule has 6 heteroatoms. The largest absolute Gasteiger partial charge is 0.493 e. The molecule has 1 atom stereocenters. The Morgan fingerprint density at radius 1 is 1.22 bits per heavy atom. The molecule has 1 unspecified atom stereocenters. The van der Waals surface area contributed by atoms with Crippen LogP contribution in [0.2, 0.25) is 0 Å². The highest BCUT2D eigenvalue weighted by atomic mass is 19.3. The van der Waals surface area contributed by atoms with Crippen molar-refractivity contribution in [2.24, 2.45) is 0 Å². The van der Waals surface area contributed by atoms with Crippen molar-refractivity contribution in [2.75, 3.05) is 13.7 Å². The molecule has 1 fully saturated rings. The van der Waals surface area contributed by atoms with Crippen LogP contribution in [0.3, 0.4) is 0 Å². The monoisotopic (exact) mass is 329 g/mol. The van der Waals surface area contributed by atoms with Gasteiger partial charge in [-0.2, -0.15) is 8.78 Å². The third-order valence-corrected chi connectivity index (χ3v) is 4.43. The number of aliphatic hydroxyl groups is 1. The van der Waals surface area contributed by atoms with E-state index in [4.69, 9.17) is 4.74 Å². The number of methoxy groups -OCH3 is 1. The average molecular weight is 329 g/mol. The van der Waals surface area contributed by atoms with Crippen LogP contribution in [0.1, 0.15) is 50.6 Å². The van der Waals surface area contributed by atoms with Crippen molar-refractivity contribution in [1.29, 1.82) is 0 Å². The van der Waals surface area contributed by atoms with E-state index in [9.17, 15) is 13.9 Å². The highest BCUT2D eigenvalue weighted by molar-refractivity contribution is 5.43. The van der Waals surface area contributed by atoms with Crippen LogP contribution < -0.4 is 14.8 Å². The van der Waals surface area contributed by atoms with Gasteiger partial charge in [-0.15, -0.1) is 0 Å². The molecule has 1 aromatic carbocycles. The van der Waals surface area contributed by atoms with Crippen LogP contribution >= 0.6 is 0 Å². The van der Waals surface area contributed by atoms with Gasteiger partial charge in [-0.05, 0) is 37.5 Å². The molecule has 0 spiro atoms. The standard InChI is InChI=1S/C17H25F2NO3/c1-12(20-11-17(21)8-4-3-5-9-17)13-6-7-14(23-16(18)19)15(10-13)22-2/h6-7,10,12,16,20-21H,3-5,8-9,11H2,1-2H3. The molecule has 0 aliphatic heterocycles. The molecule has 130 valence electrons. The van der Waals surface area contributed by atoms with Crippen molar-refractivity contribution in [2.45, 2.75) is 57.3 Å². The Hall–Kier alpha value is -1.40. The van der Waals surface area contributed by atoms with Crippen LogP contribution in [0.4, 0.5) is 8.78 Å². The predicted molar refractivity (Wildman–Crippen MR) is 84.1 cm³/mol. The first-order valence-electron chi connectivity index (χ1n) is 8.02. The van der Waals surface area contributed by atoms with Crippen molar-refractivity contribution in [3.05, 3.63) is 23.8 Å². The zero-order valence-electron chi connectivity index (χ0n) is 13.6. The molecule has 0 saturated heterocycles. The first kappa shape index (κ1) is 17.9. The van der Waals surface area contributed by atoms with Crippen LogP contribution in [0.25, 0.3) is 0 Å². The van der Waals surface area contributed by atoms with Gasteiger partial charge in [-0.3, -0.25) is 0 Å². The molecule has 1 saturated carbocycles. The number of alkyl halides is 2. The molecule has 0 radical (unpaired) electrons. The molecule has 4 nitrogen and oxygen atoms in total. The van der Waals surface area contributed by atoms with E-state index in [0.717, 1.165) is 31.2 Å². The minimum Gasteiger partial charge on any atom is -0.493 e. The van der Waals surface area contributed by atoms with Crippen LogP contribution in [-0.4, -0.2) is 31.0 Å². The fourth-order valence-corrected chi connectivity index (χ4v) is 2.99. The first-order chi connectivity index (χ1) is 10.9. The molecule has 1 aromatic rings. The van der Waals surface area contributed by atoms with E-state index in [1.54, 1.807) is 12.1 Å². The number of halogens is 2. The van der Waals surface area contributed by atoms with E-state index < -0.39 is 12.2 Å². The number of benzene rings is 1. The Morgan fingerprint density at radius 3 is 2.52 bits per heavy atom. The van der Waals surface area contributed by atoms with Gasteiger partial charge in [-0.25, -0.2) is 0 Å². The second-order valence-corrected chi connectivity index (χ2v) is 6.18. The molecule has 23 heavy (non-hydrogen) atoms. The molecule has 2 rings (SSSR count). The molecule has 1 aliphatic carbocycles. The lowest BCUT2D eigenvalue weighted by Gasteiger charge is -2.33. The molecule has 0 amide bonds. The summed E-state index contributed by atoms with van der Waals surface area (Å²) in [5.74, 6) is 0.289. The van der Waals surface area contributed by atoms with Gasteiger partial charge in [0.2, 0.25) is 0 Å². The summed E-state index contributed by atoms with van der Waals surface area (Å²) < 4.78 is 34.2. The highest BCUT2D eigenvalue weighted by Crippen LogP contribution is 2.32. The van der Waals surface area contributed by atoms with E-state index in [-0.39, 0.29) is 17.5 Å². The summed E-state index contributed by atoms with van der Waals surface area (Å²) in [5, 5.41) is 13.8. The van der Waals surface area contributed by atoms with Crippen LogP contribution in [0.5, 0.6) is 11.5 Å². The maximum absolute atomic E-state index is 12.3. The zero-order valence-corrected chi connectivity index (χ0v) is 13.6. The zero-order chi connectivity index (χ0) is 16.9. The predicted octanol–water partition coefficient (Wildman–Crippen LogP) is 3.64. The molecular formula is C17H25F2NO3. The first-order valence-corrected chi connectivity index (χ1v) is 8.02. The fraction of sp³-hybridized carbons (Fsp3) is 0.647. The van der Waals surface area contributed by atoms with Gasteiger partial charge in [-0.1, -0.05) is 25.3 Å². The SMILES string of the molecule is COc1cc(C(C)NCC2(O)CCCCC2)ccc1OC(F)F. The molecule has 2 N–H and O–H groups in total. The third kappa shape index (κ3) is 5.04. The lowest BCUT2D eigenvalue weighted by atomic mass is 9.84. The lowest BCUT2D eigenvalue weighted by Crippen LogP contribution is -2.42. The summed E-state index contributed by atoms with van der Waals surface area (Å²) in [7, 11) is 1.42. The molecule has 0 aromatic heterocycles. The molecule has 1 aliphatic rings. The number of nitrogens with one attached hydrogen (secondary N) is 1. The van der Waals surface area contributed by atoms with Crippen LogP contribution in [0.15, 0.2) is 18.2 Å². The van der Waals surface area contributed by atoms with Crippen LogP contribution in [-0.2, 0) is 0 Å². The van der Waals surface area contributed by atoms with Crippen molar-refractivity contribution >= 4 is 0 Å². The topological polar surface area (TPSA) is 50.7 Å². The van der Waals surface area contributed by atoms with E-state index in [1.807, 2.05) is 6.92 Å². The maximum atomic E-state index is 12.3. The number of rotatable bonds is 7. The normalized spacial score (nSPS) is 18.7. The average Bonchev–Trinajstić information content (AvgIpc) is 2.53. The summed E-state index contributed by atoms with van der Waals surface area (Å²) in [6, 6.07) is 4.85. The Kier molecular flexibility index (Phi) is 6.18. The second kappa shape index (κ2) is 7.93. The highest BCUT2D eigenvalue weighted by Gasteiger charge is 2.29. The van der Waals surface area contributed by atoms with E-state index >= 15 is 0 Å². The minimum absolute atomic E-state index is 0.0179. The maximum Gasteiger partial charge on any atom is 0.387 e. The van der Waals surface area contributed by atoms with Crippen molar-refractivity contribution in [3.8, 4) is 11.5 Å². The second-order valence-electron chi connectivity index (χ2n) is 6.18. The summed E-state index contributed by atoms with van der Waals surface area (Å²) in [5.41, 5.74) is 0.248. The van der Waals surface area contributed by atoms with Gasteiger partial charge in [0, 0.05) is 12.6 Å². The summed E-state index contributed by atoms with van der Waals surface area (Å²) >= 11 is 0. The van der Waals surface area contributed by atoms with Crippen molar-refractivity contribution < 1.29 is 23.4 Å². The van der Waals surface area contributed by atoms with Crippen LogP contribution in [0, 0.1) is 0 Å². The Labute approximate surface area is 135 Å². The van der Waals surface area contributed by atoms with E-state index in [1.165, 1.54) is 19.6 Å². The number of hydrogen-bond acceptors (Lipinski definition) is 4. The minimum atomic E-state index is -2.88. The van der Waals surface area contributed by atoms with Crippen molar-refractivity contribution in [3.63, 3.8) is 0 Å². The van der Waals surface area contributed by atoms with Gasteiger partial charge in [0.15, 0.2) is 11.5 Å². The molecule has 0 heterocycles. The van der Waals surface area contributed by atoms with Gasteiger partial charge in [0.25, 0.3) is 0 Å². The van der Waals surface area contributed by atoms with Gasteiger partial charge in [0.1, 0.15) is 0 Å². The van der Waals surface area contributed by atoms with Gasteiger partial charge < -0.3 is 19.9 Å². The molecule has 0 bridgehead atoms. The molecular weight excluding hydrogens is 304 g/mol. The quantitative estimate of drug-likeness (QED) is 0.802. The Balaban J connectivity index is 1.99. The third-order valence-electron chi connectivity index (χ3n) is 4.43. The fourth-order valence-electron chi connectivity index (χ4n) is 2.99. The number of ether oxygens (including phenoxy) is 2. The lowest BCUT2D eigenvalue weighted by molar-refractivity contribution is -0.0512. The summed E-state index contributed by atoms with van der Waals surface area (Å²) in [6.07, 6.45) is 4.93. The van der Waals surface area contributed by atoms with E-state index in [2.05, 4.69) is 10.1 Å². The van der Waals surface area contributed by atoms with Crippen molar-refractivity contribution in [1.82, 2.24) is 5.32 Å². The number of hydrogen-bond donors (Lipinski definition) is 2. The van der Waals surface area contributed by atoms with E-state index in [0.29, 0.717) is 6.54 Å². The van der Waals surface area contributed by atoms with Gasteiger partial charge in [0.05, 0.1) is 12.7 Å². The Bertz CT molecular complexity index is 505. The summed E-state index contributed by atoms with van der Waals surface area (Å²) in [6.45, 7) is -0.397. The summed E-state index contributed by atoms with van der Waals surface area (Å²) in [4.78, 5) is 0. The Morgan fingerprint density at radius 2 is 1.91 bits per heavy atom. The van der Waals surface area contributed by atoms with Gasteiger partial charge >= 0.3 is 6.61 Å². The smallest absolute Gasteiger partial charge is 0.387 e.